The number of benzene rings is 3. The molecule has 1 aliphatic heterocycles. The molecular formula is C29H23N3O2. The summed E-state index contributed by atoms with van der Waals surface area (Å²) in [5.41, 5.74) is 4.63. The van der Waals surface area contributed by atoms with Crippen LogP contribution in [0.15, 0.2) is 90.6 Å². The van der Waals surface area contributed by atoms with E-state index in [-0.39, 0.29) is 11.7 Å². The summed E-state index contributed by atoms with van der Waals surface area (Å²) < 4.78 is 1.62. The molecule has 34 heavy (non-hydrogen) atoms. The summed E-state index contributed by atoms with van der Waals surface area (Å²) in [6.07, 6.45) is 4.23. The Balaban J connectivity index is 1.48. The molecule has 2 heterocycles. The zero-order valence-corrected chi connectivity index (χ0v) is 18.6. The number of piperidine rings is 1. The first-order valence-electron chi connectivity index (χ1n) is 11.3. The highest BCUT2D eigenvalue weighted by molar-refractivity contribution is 6.07. The molecule has 0 saturated carbocycles. The van der Waals surface area contributed by atoms with Crippen molar-refractivity contribution in [3.8, 4) is 6.07 Å². The van der Waals surface area contributed by atoms with Gasteiger partial charge in [0.05, 0.1) is 17.1 Å². The first kappa shape index (κ1) is 21.6. The van der Waals surface area contributed by atoms with E-state index in [9.17, 15) is 9.59 Å². The quantitative estimate of drug-likeness (QED) is 0.412. The van der Waals surface area contributed by atoms with Crippen molar-refractivity contribution in [2.75, 3.05) is 13.1 Å². The molecule has 0 bridgehead atoms. The fourth-order valence-electron chi connectivity index (χ4n) is 4.43. The van der Waals surface area contributed by atoms with E-state index < -0.39 is 0 Å². The molecule has 166 valence electrons. The Morgan fingerprint density at radius 3 is 2.47 bits per heavy atom. The van der Waals surface area contributed by atoms with Gasteiger partial charge in [-0.2, -0.15) is 5.26 Å². The number of rotatable bonds is 4. The molecule has 3 aromatic carbocycles. The summed E-state index contributed by atoms with van der Waals surface area (Å²) in [4.78, 5) is 28.3. The molecule has 0 radical (unpaired) electrons. The van der Waals surface area contributed by atoms with Crippen molar-refractivity contribution in [2.24, 2.45) is 0 Å². The van der Waals surface area contributed by atoms with Crippen LogP contribution in [0.5, 0.6) is 0 Å². The number of likely N-dealkylation sites (tertiary alicyclic amines) is 1. The second-order valence-electron chi connectivity index (χ2n) is 8.50. The van der Waals surface area contributed by atoms with Crippen molar-refractivity contribution in [1.29, 1.82) is 5.26 Å². The molecular weight excluding hydrogens is 422 g/mol. The summed E-state index contributed by atoms with van der Waals surface area (Å²) >= 11 is 0. The van der Waals surface area contributed by atoms with Crippen molar-refractivity contribution >= 4 is 28.7 Å². The molecule has 0 spiro atoms. The maximum absolute atomic E-state index is 13.3. The van der Waals surface area contributed by atoms with Crippen LogP contribution in [0.1, 0.15) is 33.5 Å². The molecule has 1 aliphatic rings. The molecule has 5 nitrogen and oxygen atoms in total. The van der Waals surface area contributed by atoms with Crippen LogP contribution < -0.4 is 0 Å². The molecule has 0 aliphatic carbocycles. The third-order valence-electron chi connectivity index (χ3n) is 6.21. The van der Waals surface area contributed by atoms with Crippen molar-refractivity contribution in [1.82, 2.24) is 9.47 Å². The molecule has 0 atom stereocenters. The lowest BCUT2D eigenvalue weighted by Crippen LogP contribution is -2.35. The van der Waals surface area contributed by atoms with Crippen LogP contribution in [0.25, 0.3) is 17.0 Å². The van der Waals surface area contributed by atoms with E-state index in [1.807, 2.05) is 54.7 Å². The Morgan fingerprint density at radius 2 is 1.71 bits per heavy atom. The third-order valence-corrected chi connectivity index (χ3v) is 6.21. The SMILES string of the molecule is N#Cc1ccc(C(=O)n2cc(/C=C3\CN(Cc4ccccc4)CCC3=O)c3ccccc32)cc1. The third kappa shape index (κ3) is 4.32. The maximum atomic E-state index is 13.3. The maximum Gasteiger partial charge on any atom is 0.262 e. The topological polar surface area (TPSA) is 66.1 Å². The average Bonchev–Trinajstić information content (AvgIpc) is 3.25. The summed E-state index contributed by atoms with van der Waals surface area (Å²) in [6.45, 7) is 2.12. The predicted molar refractivity (Wildman–Crippen MR) is 132 cm³/mol. The number of ketones is 1. The summed E-state index contributed by atoms with van der Waals surface area (Å²) in [5, 5.41) is 9.95. The van der Waals surface area contributed by atoms with Crippen molar-refractivity contribution in [3.63, 3.8) is 0 Å². The Bertz CT molecular complexity index is 1440. The fraction of sp³-hybridized carbons (Fsp3) is 0.138. The van der Waals surface area contributed by atoms with E-state index in [0.717, 1.165) is 35.1 Å². The number of nitriles is 1. The Morgan fingerprint density at radius 1 is 0.971 bits per heavy atom. The van der Waals surface area contributed by atoms with Crippen LogP contribution in [0.4, 0.5) is 0 Å². The van der Waals surface area contributed by atoms with Gasteiger partial charge in [-0.05, 0) is 42.0 Å². The predicted octanol–water partition coefficient (Wildman–Crippen LogP) is 5.06. The molecule has 0 N–H and O–H groups in total. The Hall–Kier alpha value is -4.27. The minimum Gasteiger partial charge on any atom is -0.294 e. The lowest BCUT2D eigenvalue weighted by atomic mass is 9.99. The molecule has 4 aromatic rings. The standard InChI is InChI=1S/C29H23N3O2/c30-17-21-10-12-23(13-11-21)29(34)32-20-24(26-8-4-5-9-27(26)32)16-25-19-31(15-14-28(25)33)18-22-6-2-1-3-7-22/h1-13,16,20H,14-15,18-19H2/b25-16+. The number of carbonyl (C=O) groups is 2. The molecule has 5 rings (SSSR count). The van der Waals surface area contributed by atoms with Gasteiger partial charge in [0.1, 0.15) is 0 Å². The van der Waals surface area contributed by atoms with Gasteiger partial charge in [-0.15, -0.1) is 0 Å². The molecule has 0 unspecified atom stereocenters. The van der Waals surface area contributed by atoms with E-state index in [4.69, 9.17) is 5.26 Å². The summed E-state index contributed by atoms with van der Waals surface area (Å²) in [7, 11) is 0. The molecule has 0 amide bonds. The monoisotopic (exact) mass is 445 g/mol. The number of para-hydroxylation sites is 1. The van der Waals surface area contributed by atoms with E-state index in [1.165, 1.54) is 5.56 Å². The van der Waals surface area contributed by atoms with Crippen LogP contribution >= 0.6 is 0 Å². The van der Waals surface area contributed by atoms with Crippen LogP contribution in [0.2, 0.25) is 0 Å². The van der Waals surface area contributed by atoms with Crippen LogP contribution in [-0.4, -0.2) is 34.2 Å². The van der Waals surface area contributed by atoms with Gasteiger partial charge in [0.25, 0.3) is 5.91 Å². The average molecular weight is 446 g/mol. The first-order chi connectivity index (χ1) is 16.6. The van der Waals surface area contributed by atoms with E-state index in [0.29, 0.717) is 24.1 Å². The van der Waals surface area contributed by atoms with Gasteiger partial charge in [-0.25, -0.2) is 0 Å². The number of hydrogen-bond donors (Lipinski definition) is 0. The number of carbonyl (C=O) groups excluding carboxylic acids is 2. The second kappa shape index (κ2) is 9.30. The largest absolute Gasteiger partial charge is 0.294 e. The van der Waals surface area contributed by atoms with Crippen molar-refractivity contribution < 1.29 is 9.59 Å². The van der Waals surface area contributed by atoms with Gasteiger partial charge < -0.3 is 0 Å². The van der Waals surface area contributed by atoms with Gasteiger partial charge in [0.2, 0.25) is 0 Å². The van der Waals surface area contributed by atoms with Gasteiger partial charge in [0.15, 0.2) is 5.78 Å². The molecule has 1 fully saturated rings. The number of aromatic nitrogens is 1. The molecule has 1 aromatic heterocycles. The van der Waals surface area contributed by atoms with E-state index >= 15 is 0 Å². The van der Waals surface area contributed by atoms with E-state index in [1.54, 1.807) is 28.8 Å². The fourth-order valence-corrected chi connectivity index (χ4v) is 4.43. The lowest BCUT2D eigenvalue weighted by molar-refractivity contribution is -0.117. The number of Topliss-reactive ketones (excluding diaryl/α,β-unsaturated/α-hetero) is 1. The number of nitrogens with zero attached hydrogens (tertiary/aromatic N) is 3. The Kier molecular flexibility index (Phi) is 5.90. The lowest BCUT2D eigenvalue weighted by Gasteiger charge is -2.27. The minimum atomic E-state index is -0.175. The zero-order valence-electron chi connectivity index (χ0n) is 18.6. The smallest absolute Gasteiger partial charge is 0.262 e. The van der Waals surface area contributed by atoms with Crippen molar-refractivity contribution in [3.05, 3.63) is 113 Å². The highest BCUT2D eigenvalue weighted by Gasteiger charge is 2.22. The van der Waals surface area contributed by atoms with Crippen LogP contribution in [0, 0.1) is 11.3 Å². The zero-order chi connectivity index (χ0) is 23.5. The minimum absolute atomic E-state index is 0.152. The number of fused-ring (bicyclic) bond motifs is 1. The van der Waals surface area contributed by atoms with Gasteiger partial charge in [-0.3, -0.25) is 19.1 Å². The molecule has 5 heteroatoms. The highest BCUT2D eigenvalue weighted by atomic mass is 16.2. The highest BCUT2D eigenvalue weighted by Crippen LogP contribution is 2.26. The first-order valence-corrected chi connectivity index (χ1v) is 11.3. The van der Waals surface area contributed by atoms with Crippen LogP contribution in [0.3, 0.4) is 0 Å². The van der Waals surface area contributed by atoms with Gasteiger partial charge in [0, 0.05) is 54.3 Å². The number of hydrogen-bond acceptors (Lipinski definition) is 4. The van der Waals surface area contributed by atoms with E-state index in [2.05, 4.69) is 23.1 Å². The molecule has 1 saturated heterocycles. The van der Waals surface area contributed by atoms with Gasteiger partial charge in [-0.1, -0.05) is 48.5 Å². The second-order valence-corrected chi connectivity index (χ2v) is 8.50. The summed E-state index contributed by atoms with van der Waals surface area (Å²) in [5.74, 6) is -0.0226. The Labute approximate surface area is 198 Å². The summed E-state index contributed by atoms with van der Waals surface area (Å²) in [6, 6.07) is 26.7. The van der Waals surface area contributed by atoms with Crippen LogP contribution in [-0.2, 0) is 11.3 Å². The van der Waals surface area contributed by atoms with Gasteiger partial charge >= 0.3 is 0 Å². The van der Waals surface area contributed by atoms with Crippen molar-refractivity contribution in [2.45, 2.75) is 13.0 Å². The normalized spacial score (nSPS) is 15.5.